The van der Waals surface area contributed by atoms with Crippen molar-refractivity contribution in [3.63, 3.8) is 0 Å². The molecule has 7 heteroatoms. The molecule has 0 bridgehead atoms. The summed E-state index contributed by atoms with van der Waals surface area (Å²) < 4.78 is 3.25. The van der Waals surface area contributed by atoms with Crippen LogP contribution in [0.4, 0.5) is 5.69 Å². The lowest BCUT2D eigenvalue weighted by Crippen LogP contribution is -2.29. The molecule has 2 heterocycles. The number of anilines is 1. The van der Waals surface area contributed by atoms with Gasteiger partial charge in [0.25, 0.3) is 5.56 Å². The van der Waals surface area contributed by atoms with Crippen molar-refractivity contribution in [3.05, 3.63) is 45.1 Å². The Labute approximate surface area is 128 Å². The Morgan fingerprint density at radius 1 is 1.29 bits per heavy atom. The molecule has 0 aliphatic rings. The molecule has 0 radical (unpaired) electrons. The number of aryl methyl sites for hydroxylation is 2. The van der Waals surface area contributed by atoms with Crippen LogP contribution in [0.3, 0.4) is 0 Å². The molecule has 6 nitrogen and oxygen atoms in total. The van der Waals surface area contributed by atoms with Gasteiger partial charge in [-0.3, -0.25) is 14.9 Å². The molecule has 0 aromatic carbocycles. The van der Waals surface area contributed by atoms with E-state index in [1.54, 1.807) is 6.20 Å². The van der Waals surface area contributed by atoms with E-state index in [4.69, 9.17) is 11.6 Å². The van der Waals surface area contributed by atoms with Crippen LogP contribution < -0.4 is 11.0 Å². The Morgan fingerprint density at radius 3 is 2.48 bits per heavy atom. The average Bonchev–Trinajstić information content (AvgIpc) is 2.74. The fraction of sp³-hybridized carbons (Fsp3) is 0.429. The third-order valence-corrected chi connectivity index (χ3v) is 3.61. The number of hydrogen-bond acceptors (Lipinski definition) is 4. The lowest BCUT2D eigenvalue weighted by atomic mass is 10.4. The fourth-order valence-electron chi connectivity index (χ4n) is 1.96. The summed E-state index contributed by atoms with van der Waals surface area (Å²) in [6, 6.07) is 3.98. The zero-order chi connectivity index (χ0) is 15.6. The van der Waals surface area contributed by atoms with Crippen molar-refractivity contribution in [2.45, 2.75) is 20.4 Å². The van der Waals surface area contributed by atoms with Gasteiger partial charge in [-0.15, -0.1) is 0 Å². The van der Waals surface area contributed by atoms with Gasteiger partial charge in [0.1, 0.15) is 5.02 Å². The van der Waals surface area contributed by atoms with Crippen molar-refractivity contribution < 1.29 is 0 Å². The van der Waals surface area contributed by atoms with Crippen LogP contribution >= 0.6 is 11.6 Å². The molecule has 2 aromatic heterocycles. The summed E-state index contributed by atoms with van der Waals surface area (Å²) in [7, 11) is 3.89. The quantitative estimate of drug-likeness (QED) is 0.914. The molecule has 0 aliphatic heterocycles. The first-order valence-corrected chi connectivity index (χ1v) is 7.10. The Kier molecular flexibility index (Phi) is 4.69. The molecule has 2 rings (SSSR count). The number of aromatic nitrogens is 3. The molecule has 114 valence electrons. The largest absolute Gasteiger partial charge is 0.308 e. The van der Waals surface area contributed by atoms with E-state index in [9.17, 15) is 4.79 Å². The van der Waals surface area contributed by atoms with Gasteiger partial charge in [-0.25, -0.2) is 4.68 Å². The third kappa shape index (κ3) is 3.46. The van der Waals surface area contributed by atoms with Crippen molar-refractivity contribution in [1.29, 1.82) is 0 Å². The summed E-state index contributed by atoms with van der Waals surface area (Å²) in [5.74, 6) is 0. The lowest BCUT2D eigenvalue weighted by molar-refractivity contribution is 0.367. The second kappa shape index (κ2) is 6.32. The molecule has 0 saturated heterocycles. The zero-order valence-corrected chi connectivity index (χ0v) is 13.5. The van der Waals surface area contributed by atoms with Crippen molar-refractivity contribution in [2.24, 2.45) is 0 Å². The second-order valence-electron chi connectivity index (χ2n) is 5.27. The van der Waals surface area contributed by atoms with E-state index in [1.807, 2.05) is 49.7 Å². The minimum atomic E-state index is -0.286. The molecule has 1 N–H and O–H groups in total. The summed E-state index contributed by atoms with van der Waals surface area (Å²) in [5, 5.41) is 4.32. The average molecular weight is 310 g/mol. The summed E-state index contributed by atoms with van der Waals surface area (Å²) >= 11 is 6.17. The second-order valence-corrected chi connectivity index (χ2v) is 5.65. The highest BCUT2D eigenvalue weighted by Crippen LogP contribution is 2.17. The summed E-state index contributed by atoms with van der Waals surface area (Å²) in [6.45, 7) is 5.18. The van der Waals surface area contributed by atoms with Crippen LogP contribution in [0, 0.1) is 13.8 Å². The SMILES string of the molecule is Cc1ccc(C)n1Nc1cnn(CCN(C)C)c(=O)c1Cl. The summed E-state index contributed by atoms with van der Waals surface area (Å²) in [4.78, 5) is 14.2. The van der Waals surface area contributed by atoms with Crippen molar-refractivity contribution in [2.75, 3.05) is 26.1 Å². The number of halogens is 1. The minimum absolute atomic E-state index is 0.149. The van der Waals surface area contributed by atoms with Gasteiger partial charge >= 0.3 is 0 Å². The van der Waals surface area contributed by atoms with Crippen LogP contribution in [0.1, 0.15) is 11.4 Å². The molecule has 0 amide bonds. The normalized spacial score (nSPS) is 11.1. The molecule has 2 aromatic rings. The van der Waals surface area contributed by atoms with Gasteiger partial charge in [-0.1, -0.05) is 11.6 Å². The van der Waals surface area contributed by atoms with Crippen LogP contribution in [0.15, 0.2) is 23.1 Å². The van der Waals surface area contributed by atoms with Gasteiger partial charge in [0.05, 0.1) is 18.4 Å². The first-order valence-electron chi connectivity index (χ1n) is 6.72. The first-order chi connectivity index (χ1) is 9.90. The highest BCUT2D eigenvalue weighted by Gasteiger charge is 2.11. The van der Waals surface area contributed by atoms with Gasteiger partial charge in [-0.2, -0.15) is 5.10 Å². The van der Waals surface area contributed by atoms with Crippen LogP contribution in [-0.2, 0) is 6.54 Å². The molecule has 0 aliphatic carbocycles. The standard InChI is InChI=1S/C14H20ClN5O/c1-10-5-6-11(2)20(10)17-12-9-16-19(8-7-18(3)4)14(21)13(12)15/h5-6,9,17H,7-8H2,1-4H3. The number of hydrogen-bond donors (Lipinski definition) is 1. The maximum atomic E-state index is 12.2. The zero-order valence-electron chi connectivity index (χ0n) is 12.7. The number of likely N-dealkylation sites (N-methyl/N-ethyl adjacent to an activating group) is 1. The van der Waals surface area contributed by atoms with E-state index >= 15 is 0 Å². The minimum Gasteiger partial charge on any atom is -0.308 e. The van der Waals surface area contributed by atoms with E-state index in [0.29, 0.717) is 12.2 Å². The number of nitrogens with zero attached hydrogens (tertiary/aromatic N) is 4. The number of nitrogens with one attached hydrogen (secondary N) is 1. The molecule has 0 fully saturated rings. The monoisotopic (exact) mass is 309 g/mol. The summed E-state index contributed by atoms with van der Waals surface area (Å²) in [5.41, 5.74) is 5.40. The van der Waals surface area contributed by atoms with Crippen molar-refractivity contribution >= 4 is 17.3 Å². The molecule has 0 spiro atoms. The molecule has 21 heavy (non-hydrogen) atoms. The van der Waals surface area contributed by atoms with Gasteiger partial charge in [0.2, 0.25) is 0 Å². The molecular weight excluding hydrogens is 290 g/mol. The Hall–Kier alpha value is -1.79. The third-order valence-electron chi connectivity index (χ3n) is 3.25. The van der Waals surface area contributed by atoms with Crippen molar-refractivity contribution in [1.82, 2.24) is 19.4 Å². The highest BCUT2D eigenvalue weighted by molar-refractivity contribution is 6.32. The molecule has 0 unspecified atom stereocenters. The van der Waals surface area contributed by atoms with E-state index in [0.717, 1.165) is 17.9 Å². The maximum absolute atomic E-state index is 12.2. The first kappa shape index (κ1) is 15.6. The Bertz CT molecular complexity index is 670. The smallest absolute Gasteiger partial charge is 0.287 e. The van der Waals surface area contributed by atoms with Crippen LogP contribution in [-0.4, -0.2) is 40.0 Å². The van der Waals surface area contributed by atoms with E-state index in [-0.39, 0.29) is 10.6 Å². The van der Waals surface area contributed by atoms with Gasteiger partial charge < -0.3 is 4.90 Å². The predicted octanol–water partition coefficient (Wildman–Crippen LogP) is 1.75. The Morgan fingerprint density at radius 2 is 1.90 bits per heavy atom. The Balaban J connectivity index is 2.27. The lowest BCUT2D eigenvalue weighted by Gasteiger charge is -2.15. The van der Waals surface area contributed by atoms with Gasteiger partial charge in [0.15, 0.2) is 0 Å². The van der Waals surface area contributed by atoms with Crippen LogP contribution in [0.5, 0.6) is 0 Å². The topological polar surface area (TPSA) is 55.1 Å². The molecule has 0 saturated carbocycles. The summed E-state index contributed by atoms with van der Waals surface area (Å²) in [6.07, 6.45) is 1.58. The van der Waals surface area contributed by atoms with Crippen LogP contribution in [0.25, 0.3) is 0 Å². The van der Waals surface area contributed by atoms with Gasteiger partial charge in [0, 0.05) is 17.9 Å². The maximum Gasteiger partial charge on any atom is 0.287 e. The van der Waals surface area contributed by atoms with Gasteiger partial charge in [-0.05, 0) is 40.1 Å². The fourth-order valence-corrected chi connectivity index (χ4v) is 2.15. The molecular formula is C14H20ClN5O. The highest BCUT2D eigenvalue weighted by atomic mass is 35.5. The van der Waals surface area contributed by atoms with Crippen LogP contribution in [0.2, 0.25) is 5.02 Å². The number of rotatable bonds is 5. The van der Waals surface area contributed by atoms with E-state index < -0.39 is 0 Å². The predicted molar refractivity (Wildman–Crippen MR) is 85.0 cm³/mol. The van der Waals surface area contributed by atoms with E-state index in [2.05, 4.69) is 10.5 Å². The molecule has 0 atom stereocenters. The van der Waals surface area contributed by atoms with E-state index in [1.165, 1.54) is 4.68 Å². The van der Waals surface area contributed by atoms with Crippen molar-refractivity contribution in [3.8, 4) is 0 Å².